The van der Waals surface area contributed by atoms with Gasteiger partial charge in [-0.05, 0) is 18.9 Å². The number of aliphatic hydroxyl groups excluding tert-OH is 1. The number of fused-ring (bicyclic) bond motifs is 1. The smallest absolute Gasteiger partial charge is 0.233 e. The topological polar surface area (TPSA) is 62.5 Å². The zero-order valence-electron chi connectivity index (χ0n) is 10.3. The van der Waals surface area contributed by atoms with Crippen LogP contribution in [0.4, 0.5) is 0 Å². The Hall–Kier alpha value is -1.46. The molecule has 1 aliphatic carbocycles. The molecule has 18 heavy (non-hydrogen) atoms. The van der Waals surface area contributed by atoms with Crippen molar-refractivity contribution >= 4 is 5.78 Å². The van der Waals surface area contributed by atoms with Gasteiger partial charge in [-0.25, -0.2) is 9.97 Å². The summed E-state index contributed by atoms with van der Waals surface area (Å²) >= 11 is 0. The summed E-state index contributed by atoms with van der Waals surface area (Å²) in [5.41, 5.74) is 1.08. The maximum atomic E-state index is 9.91. The van der Waals surface area contributed by atoms with Gasteiger partial charge in [0.2, 0.25) is 5.78 Å². The van der Waals surface area contributed by atoms with Crippen LogP contribution in [0.25, 0.3) is 5.78 Å². The zero-order valence-corrected chi connectivity index (χ0v) is 10.3. The fraction of sp³-hybridized carbons (Fsp3) is 0.538. The minimum Gasteiger partial charge on any atom is -0.392 e. The van der Waals surface area contributed by atoms with E-state index in [0.717, 1.165) is 30.7 Å². The van der Waals surface area contributed by atoms with Crippen molar-refractivity contribution in [1.82, 2.24) is 19.7 Å². The van der Waals surface area contributed by atoms with E-state index < -0.39 is 0 Å². The van der Waals surface area contributed by atoms with E-state index in [9.17, 15) is 5.11 Å². The first-order chi connectivity index (χ1) is 8.84. The molecule has 0 radical (unpaired) electrons. The van der Waals surface area contributed by atoms with Crippen LogP contribution >= 0.6 is 0 Å². The summed E-state index contributed by atoms with van der Waals surface area (Å²) in [4.78, 5) is 8.44. The Bertz CT molecular complexity index is 524. The van der Waals surface area contributed by atoms with Crippen molar-refractivity contribution in [2.45, 2.75) is 44.4 Å². The summed E-state index contributed by atoms with van der Waals surface area (Å²) in [5.74, 6) is 0.721. The van der Waals surface area contributed by atoms with Gasteiger partial charge in [-0.3, -0.25) is 4.40 Å². The Balaban J connectivity index is 1.69. The highest BCUT2D eigenvalue weighted by Crippen LogP contribution is 2.18. The van der Waals surface area contributed by atoms with Crippen LogP contribution in [0.5, 0.6) is 0 Å². The minimum atomic E-state index is -0.212. The number of aliphatic hydroxyl groups is 1. The molecule has 0 aromatic carbocycles. The van der Waals surface area contributed by atoms with Gasteiger partial charge in [0.05, 0.1) is 18.0 Å². The van der Waals surface area contributed by atoms with E-state index in [1.807, 2.05) is 22.9 Å². The van der Waals surface area contributed by atoms with E-state index >= 15 is 0 Å². The lowest BCUT2D eigenvalue weighted by Crippen LogP contribution is -2.41. The standard InChI is InChI=1S/C13H18N4O/c18-12-5-2-1-4-11(12)15-8-10-9-16-13-14-6-3-7-17(10)13/h3,6-7,9,11-12,15,18H,1-2,4-5,8H2. The SMILES string of the molecule is OC1CCCCC1NCc1cnc2ncccn12. The maximum absolute atomic E-state index is 9.91. The normalized spacial score (nSPS) is 24.5. The Morgan fingerprint density at radius 2 is 2.22 bits per heavy atom. The van der Waals surface area contributed by atoms with Gasteiger partial charge < -0.3 is 10.4 Å². The number of nitrogens with zero attached hydrogens (tertiary/aromatic N) is 3. The highest BCUT2D eigenvalue weighted by molar-refractivity contribution is 5.30. The van der Waals surface area contributed by atoms with Gasteiger partial charge >= 0.3 is 0 Å². The van der Waals surface area contributed by atoms with Crippen molar-refractivity contribution in [3.8, 4) is 0 Å². The second-order valence-electron chi connectivity index (χ2n) is 4.88. The Morgan fingerprint density at radius 3 is 3.11 bits per heavy atom. The Labute approximate surface area is 106 Å². The quantitative estimate of drug-likeness (QED) is 0.852. The molecule has 96 valence electrons. The van der Waals surface area contributed by atoms with Crippen LogP contribution in [0.15, 0.2) is 24.7 Å². The van der Waals surface area contributed by atoms with Crippen molar-refractivity contribution < 1.29 is 5.11 Å². The van der Waals surface area contributed by atoms with E-state index in [1.54, 1.807) is 6.20 Å². The molecule has 1 aliphatic rings. The molecule has 2 heterocycles. The molecule has 3 rings (SSSR count). The van der Waals surface area contributed by atoms with Gasteiger partial charge in [0, 0.05) is 25.0 Å². The van der Waals surface area contributed by atoms with Crippen molar-refractivity contribution in [3.05, 3.63) is 30.4 Å². The molecule has 2 aromatic heterocycles. The van der Waals surface area contributed by atoms with Crippen LogP contribution in [-0.4, -0.2) is 31.6 Å². The first kappa shape index (κ1) is 11.6. The fourth-order valence-corrected chi connectivity index (χ4v) is 2.59. The van der Waals surface area contributed by atoms with Gasteiger partial charge in [-0.1, -0.05) is 12.8 Å². The highest BCUT2D eigenvalue weighted by atomic mass is 16.3. The molecule has 2 N–H and O–H groups in total. The third kappa shape index (κ3) is 2.23. The van der Waals surface area contributed by atoms with Crippen molar-refractivity contribution in [2.75, 3.05) is 0 Å². The summed E-state index contributed by atoms with van der Waals surface area (Å²) in [7, 11) is 0. The molecule has 5 heteroatoms. The number of rotatable bonds is 3. The third-order valence-electron chi connectivity index (χ3n) is 3.64. The first-order valence-corrected chi connectivity index (χ1v) is 6.53. The molecule has 1 saturated carbocycles. The van der Waals surface area contributed by atoms with E-state index in [0.29, 0.717) is 6.54 Å². The monoisotopic (exact) mass is 246 g/mol. The van der Waals surface area contributed by atoms with Gasteiger partial charge in [0.15, 0.2) is 0 Å². The summed E-state index contributed by atoms with van der Waals surface area (Å²) in [6.07, 6.45) is 9.62. The predicted molar refractivity (Wildman–Crippen MR) is 68.1 cm³/mol. The fourth-order valence-electron chi connectivity index (χ4n) is 2.59. The molecule has 0 bridgehead atoms. The number of hydrogen-bond donors (Lipinski definition) is 2. The van der Waals surface area contributed by atoms with Crippen LogP contribution < -0.4 is 5.32 Å². The van der Waals surface area contributed by atoms with Crippen LogP contribution in [0, 0.1) is 0 Å². The van der Waals surface area contributed by atoms with E-state index in [-0.39, 0.29) is 12.1 Å². The van der Waals surface area contributed by atoms with E-state index in [1.165, 1.54) is 6.42 Å². The maximum Gasteiger partial charge on any atom is 0.233 e. The lowest BCUT2D eigenvalue weighted by atomic mass is 9.92. The molecule has 2 atom stereocenters. The molecule has 0 amide bonds. The molecule has 0 saturated heterocycles. The molecular weight excluding hydrogens is 228 g/mol. The summed E-state index contributed by atoms with van der Waals surface area (Å²) in [5, 5.41) is 13.3. The largest absolute Gasteiger partial charge is 0.392 e. The van der Waals surface area contributed by atoms with Gasteiger partial charge in [-0.2, -0.15) is 0 Å². The number of nitrogens with one attached hydrogen (secondary N) is 1. The van der Waals surface area contributed by atoms with Crippen LogP contribution in [0.1, 0.15) is 31.4 Å². The Morgan fingerprint density at radius 1 is 1.33 bits per heavy atom. The molecule has 0 spiro atoms. The molecule has 5 nitrogen and oxygen atoms in total. The number of hydrogen-bond acceptors (Lipinski definition) is 4. The van der Waals surface area contributed by atoms with Gasteiger partial charge in [-0.15, -0.1) is 0 Å². The van der Waals surface area contributed by atoms with Crippen molar-refractivity contribution in [2.24, 2.45) is 0 Å². The van der Waals surface area contributed by atoms with Crippen LogP contribution in [0.2, 0.25) is 0 Å². The van der Waals surface area contributed by atoms with E-state index in [4.69, 9.17) is 0 Å². The number of aromatic nitrogens is 3. The van der Waals surface area contributed by atoms with Gasteiger partial charge in [0.25, 0.3) is 0 Å². The molecule has 0 aliphatic heterocycles. The van der Waals surface area contributed by atoms with Crippen LogP contribution in [-0.2, 0) is 6.54 Å². The lowest BCUT2D eigenvalue weighted by Gasteiger charge is -2.28. The zero-order chi connectivity index (χ0) is 12.4. The molecule has 2 unspecified atom stereocenters. The molecular formula is C13H18N4O. The lowest BCUT2D eigenvalue weighted by molar-refractivity contribution is 0.0900. The average molecular weight is 246 g/mol. The summed E-state index contributed by atoms with van der Waals surface area (Å²) in [6.45, 7) is 0.717. The first-order valence-electron chi connectivity index (χ1n) is 6.53. The highest BCUT2D eigenvalue weighted by Gasteiger charge is 2.22. The van der Waals surface area contributed by atoms with Crippen molar-refractivity contribution in [3.63, 3.8) is 0 Å². The second kappa shape index (κ2) is 5.04. The van der Waals surface area contributed by atoms with E-state index in [2.05, 4.69) is 15.3 Å². The second-order valence-corrected chi connectivity index (χ2v) is 4.88. The Kier molecular flexibility index (Phi) is 3.25. The summed E-state index contributed by atoms with van der Waals surface area (Å²) in [6, 6.07) is 2.11. The predicted octanol–water partition coefficient (Wildman–Crippen LogP) is 1.12. The molecule has 1 fully saturated rings. The van der Waals surface area contributed by atoms with Gasteiger partial charge in [0.1, 0.15) is 0 Å². The molecule has 2 aromatic rings. The summed E-state index contributed by atoms with van der Waals surface area (Å²) < 4.78 is 1.97. The third-order valence-corrected chi connectivity index (χ3v) is 3.64. The van der Waals surface area contributed by atoms with Crippen molar-refractivity contribution in [1.29, 1.82) is 0 Å². The van der Waals surface area contributed by atoms with Crippen LogP contribution in [0.3, 0.4) is 0 Å². The minimum absolute atomic E-state index is 0.209. The number of imidazole rings is 1. The average Bonchev–Trinajstić information content (AvgIpc) is 2.81.